The van der Waals surface area contributed by atoms with Crippen LogP contribution in [0, 0.1) is 0 Å². The Labute approximate surface area is 110 Å². The third-order valence-corrected chi connectivity index (χ3v) is 3.96. The highest BCUT2D eigenvalue weighted by atomic mass is 35.5. The lowest BCUT2D eigenvalue weighted by atomic mass is 10.1. The Kier molecular flexibility index (Phi) is 4.57. The third kappa shape index (κ3) is 3.82. The fourth-order valence-electron chi connectivity index (χ4n) is 1.15. The summed E-state index contributed by atoms with van der Waals surface area (Å²) < 4.78 is 26.0. The maximum atomic E-state index is 11.9. The minimum absolute atomic E-state index is 0.0126. The number of nitrogens with two attached hydrogens (primary N) is 1. The lowest BCUT2D eigenvalue weighted by Gasteiger charge is -2.20. The summed E-state index contributed by atoms with van der Waals surface area (Å²) in [6, 6.07) is 3.99. The lowest BCUT2D eigenvalue weighted by Crippen LogP contribution is -2.43. The van der Waals surface area contributed by atoms with Crippen LogP contribution in [0.2, 0.25) is 5.02 Å². The molecule has 18 heavy (non-hydrogen) atoms. The SMILES string of the molecule is CC(O)(CO)CNS(=O)(=O)c1ccc(Cl)cc1N. The van der Waals surface area contributed by atoms with E-state index in [0.717, 1.165) is 0 Å². The normalized spacial score (nSPS) is 15.3. The Balaban J connectivity index is 2.94. The van der Waals surface area contributed by atoms with Crippen molar-refractivity contribution in [2.75, 3.05) is 18.9 Å². The highest BCUT2D eigenvalue weighted by Gasteiger charge is 2.24. The van der Waals surface area contributed by atoms with E-state index in [-0.39, 0.29) is 17.1 Å². The molecule has 1 aromatic rings. The summed E-state index contributed by atoms with van der Waals surface area (Å²) >= 11 is 5.67. The van der Waals surface area contributed by atoms with Crippen LogP contribution < -0.4 is 10.5 Å². The highest BCUT2D eigenvalue weighted by molar-refractivity contribution is 7.89. The second-order valence-electron chi connectivity index (χ2n) is 4.16. The quantitative estimate of drug-likeness (QED) is 0.569. The summed E-state index contributed by atoms with van der Waals surface area (Å²) in [5, 5.41) is 18.7. The molecule has 0 aliphatic heterocycles. The molecule has 0 saturated carbocycles. The van der Waals surface area contributed by atoms with Crippen LogP contribution >= 0.6 is 11.6 Å². The molecule has 1 atom stereocenters. The maximum absolute atomic E-state index is 11.9. The van der Waals surface area contributed by atoms with Crippen molar-refractivity contribution in [3.05, 3.63) is 23.2 Å². The molecule has 102 valence electrons. The van der Waals surface area contributed by atoms with Gasteiger partial charge in [-0.3, -0.25) is 0 Å². The zero-order valence-electron chi connectivity index (χ0n) is 9.72. The molecule has 0 aliphatic rings. The topological polar surface area (TPSA) is 113 Å². The van der Waals surface area contributed by atoms with Crippen molar-refractivity contribution in [1.29, 1.82) is 0 Å². The number of hydrogen-bond acceptors (Lipinski definition) is 5. The molecule has 0 bridgehead atoms. The van der Waals surface area contributed by atoms with Gasteiger partial charge in [0.15, 0.2) is 0 Å². The predicted molar refractivity (Wildman–Crippen MR) is 68.8 cm³/mol. The third-order valence-electron chi connectivity index (χ3n) is 2.25. The number of hydrogen-bond donors (Lipinski definition) is 4. The first kappa shape index (κ1) is 15.2. The minimum Gasteiger partial charge on any atom is -0.398 e. The van der Waals surface area contributed by atoms with Crippen LogP contribution in [0.3, 0.4) is 0 Å². The van der Waals surface area contributed by atoms with E-state index < -0.39 is 22.2 Å². The standard InChI is InChI=1S/C10H15ClN2O4S/c1-10(15,6-14)5-13-18(16,17)9-3-2-7(11)4-8(9)12/h2-4,13-15H,5-6,12H2,1H3. The fraction of sp³-hybridized carbons (Fsp3) is 0.400. The van der Waals surface area contributed by atoms with Crippen molar-refractivity contribution >= 4 is 27.3 Å². The number of anilines is 1. The van der Waals surface area contributed by atoms with E-state index in [4.69, 9.17) is 22.4 Å². The highest BCUT2D eigenvalue weighted by Crippen LogP contribution is 2.22. The lowest BCUT2D eigenvalue weighted by molar-refractivity contribution is 0.00681. The molecular formula is C10H15ClN2O4S. The molecule has 0 aromatic heterocycles. The summed E-state index contributed by atoms with van der Waals surface area (Å²) in [5.41, 5.74) is 4.04. The van der Waals surface area contributed by atoms with E-state index in [0.29, 0.717) is 5.02 Å². The van der Waals surface area contributed by atoms with Crippen molar-refractivity contribution in [3.63, 3.8) is 0 Å². The molecule has 1 rings (SSSR count). The average molecular weight is 295 g/mol. The molecule has 0 fully saturated rings. The Hall–Kier alpha value is -0.860. The van der Waals surface area contributed by atoms with Gasteiger partial charge < -0.3 is 15.9 Å². The van der Waals surface area contributed by atoms with Crippen LogP contribution in [0.4, 0.5) is 5.69 Å². The molecule has 0 saturated heterocycles. The molecule has 0 heterocycles. The Morgan fingerprint density at radius 3 is 2.61 bits per heavy atom. The van der Waals surface area contributed by atoms with Crippen LogP contribution in [0.25, 0.3) is 0 Å². The van der Waals surface area contributed by atoms with Gasteiger partial charge in [0.25, 0.3) is 0 Å². The van der Waals surface area contributed by atoms with Gasteiger partial charge in [0.05, 0.1) is 17.9 Å². The molecule has 0 aliphatic carbocycles. The zero-order chi connectivity index (χ0) is 14.0. The van der Waals surface area contributed by atoms with E-state index in [1.807, 2.05) is 0 Å². The summed E-state index contributed by atoms with van der Waals surface area (Å²) in [6.45, 7) is 0.417. The minimum atomic E-state index is -3.86. The van der Waals surface area contributed by atoms with Gasteiger partial charge in [-0.1, -0.05) is 11.6 Å². The van der Waals surface area contributed by atoms with Crippen LogP contribution in [0.15, 0.2) is 23.1 Å². The molecule has 0 amide bonds. The number of benzene rings is 1. The summed E-state index contributed by atoms with van der Waals surface area (Å²) in [5.74, 6) is 0. The number of rotatable bonds is 5. The van der Waals surface area contributed by atoms with Crippen LogP contribution in [0.5, 0.6) is 0 Å². The van der Waals surface area contributed by atoms with Crippen molar-refractivity contribution < 1.29 is 18.6 Å². The van der Waals surface area contributed by atoms with Gasteiger partial charge in [0.1, 0.15) is 4.90 Å². The van der Waals surface area contributed by atoms with E-state index in [9.17, 15) is 13.5 Å². The van der Waals surface area contributed by atoms with Gasteiger partial charge >= 0.3 is 0 Å². The van der Waals surface area contributed by atoms with Crippen LogP contribution in [0.1, 0.15) is 6.92 Å². The Morgan fingerprint density at radius 2 is 2.11 bits per heavy atom. The van der Waals surface area contributed by atoms with E-state index in [1.54, 1.807) is 0 Å². The molecular weight excluding hydrogens is 280 g/mol. The van der Waals surface area contributed by atoms with Crippen LogP contribution in [-0.2, 0) is 10.0 Å². The number of nitrogen functional groups attached to an aromatic ring is 1. The molecule has 5 N–H and O–H groups in total. The van der Waals surface area contributed by atoms with Gasteiger partial charge in [0.2, 0.25) is 10.0 Å². The van der Waals surface area contributed by atoms with Gasteiger partial charge in [0, 0.05) is 11.6 Å². The first-order chi connectivity index (χ1) is 8.18. The van der Waals surface area contributed by atoms with Crippen LogP contribution in [-0.4, -0.2) is 37.4 Å². The fourth-order valence-corrected chi connectivity index (χ4v) is 2.60. The monoisotopic (exact) mass is 294 g/mol. The first-order valence-corrected chi connectivity index (χ1v) is 6.92. The van der Waals surface area contributed by atoms with E-state index >= 15 is 0 Å². The molecule has 8 heteroatoms. The largest absolute Gasteiger partial charge is 0.398 e. The molecule has 6 nitrogen and oxygen atoms in total. The number of sulfonamides is 1. The van der Waals surface area contributed by atoms with Crippen molar-refractivity contribution in [2.45, 2.75) is 17.4 Å². The molecule has 0 radical (unpaired) electrons. The Morgan fingerprint density at radius 1 is 1.50 bits per heavy atom. The Bertz CT molecular complexity index is 531. The number of aliphatic hydroxyl groups is 2. The zero-order valence-corrected chi connectivity index (χ0v) is 11.3. The molecule has 0 spiro atoms. The number of halogens is 1. The van der Waals surface area contributed by atoms with Gasteiger partial charge in [-0.25, -0.2) is 13.1 Å². The van der Waals surface area contributed by atoms with Gasteiger partial charge in [-0.05, 0) is 25.1 Å². The van der Waals surface area contributed by atoms with Crippen molar-refractivity contribution in [3.8, 4) is 0 Å². The summed E-state index contributed by atoms with van der Waals surface area (Å²) in [7, 11) is -3.86. The van der Waals surface area contributed by atoms with Gasteiger partial charge in [-0.2, -0.15) is 0 Å². The maximum Gasteiger partial charge on any atom is 0.242 e. The summed E-state index contributed by atoms with van der Waals surface area (Å²) in [4.78, 5) is -0.124. The molecule has 1 aromatic carbocycles. The average Bonchev–Trinajstić information content (AvgIpc) is 2.26. The van der Waals surface area contributed by atoms with Crippen molar-refractivity contribution in [2.24, 2.45) is 0 Å². The second-order valence-corrected chi connectivity index (χ2v) is 6.33. The number of nitrogens with one attached hydrogen (secondary N) is 1. The number of aliphatic hydroxyl groups excluding tert-OH is 1. The second kappa shape index (κ2) is 5.41. The first-order valence-electron chi connectivity index (χ1n) is 5.06. The molecule has 1 unspecified atom stereocenters. The summed E-state index contributed by atoms with van der Waals surface area (Å²) in [6.07, 6.45) is 0. The van der Waals surface area contributed by atoms with E-state index in [2.05, 4.69) is 4.72 Å². The van der Waals surface area contributed by atoms with E-state index in [1.165, 1.54) is 25.1 Å². The smallest absolute Gasteiger partial charge is 0.242 e. The predicted octanol–water partition coefficient (Wildman–Crippen LogP) is -0.0562. The van der Waals surface area contributed by atoms with Gasteiger partial charge in [-0.15, -0.1) is 0 Å². The van der Waals surface area contributed by atoms with Crippen molar-refractivity contribution in [1.82, 2.24) is 4.72 Å².